The Morgan fingerprint density at radius 3 is 2.36 bits per heavy atom. The first kappa shape index (κ1) is 30.0. The van der Waals surface area contributed by atoms with Crippen molar-refractivity contribution in [1.82, 2.24) is 19.7 Å². The summed E-state index contributed by atoms with van der Waals surface area (Å²) in [5.74, 6) is -2.20. The van der Waals surface area contributed by atoms with Gasteiger partial charge in [0.1, 0.15) is 17.5 Å². The molecule has 8 nitrogen and oxygen atoms in total. The van der Waals surface area contributed by atoms with E-state index in [1.54, 1.807) is 16.8 Å². The molecule has 0 aliphatic rings. The lowest BCUT2D eigenvalue weighted by molar-refractivity contribution is -0.192. The van der Waals surface area contributed by atoms with E-state index in [9.17, 15) is 13.2 Å². The summed E-state index contributed by atoms with van der Waals surface area (Å²) < 4.78 is 48.8. The van der Waals surface area contributed by atoms with Crippen LogP contribution in [-0.4, -0.2) is 37.0 Å². The molecule has 5 aromatic rings. The van der Waals surface area contributed by atoms with Crippen molar-refractivity contribution in [3.63, 3.8) is 0 Å². The Kier molecular flexibility index (Phi) is 8.46. The predicted molar refractivity (Wildman–Crippen MR) is 152 cm³/mol. The van der Waals surface area contributed by atoms with Gasteiger partial charge < -0.3 is 16.6 Å². The van der Waals surface area contributed by atoms with Crippen molar-refractivity contribution in [3.05, 3.63) is 101 Å². The van der Waals surface area contributed by atoms with Crippen LogP contribution in [0.1, 0.15) is 41.1 Å². The number of aromatic nitrogens is 4. The van der Waals surface area contributed by atoms with Crippen molar-refractivity contribution < 1.29 is 27.5 Å². The molecule has 0 radical (unpaired) electrons. The van der Waals surface area contributed by atoms with Crippen molar-refractivity contribution >= 4 is 28.2 Å². The molecule has 1 unspecified atom stereocenters. The predicted octanol–water partition coefficient (Wildman–Crippen LogP) is 6.02. The zero-order valence-corrected chi connectivity index (χ0v) is 22.9. The Morgan fingerprint density at radius 2 is 1.71 bits per heavy atom. The van der Waals surface area contributed by atoms with Gasteiger partial charge >= 0.3 is 12.1 Å². The van der Waals surface area contributed by atoms with Crippen molar-refractivity contribution in [2.24, 2.45) is 7.05 Å². The number of nitrogen functional groups attached to an aromatic ring is 2. The van der Waals surface area contributed by atoms with Crippen LogP contribution in [0.2, 0.25) is 0 Å². The first-order valence-electron chi connectivity index (χ1n) is 12.8. The third kappa shape index (κ3) is 6.32. The standard InChI is InChI=1S/C28H27FN6.C2HF3O2/c1-4-17-9-12-23(29)22(13-17)25(24-15-18-14-19(30)10-11-21(18)26(31)32-24)28-33-27(34-35(28)3)20-8-6-5-7-16(20)2;3-2(4,5)1(6)7/h5-15,25H,4,30H2,1-3H3,(H2,31,32);(H,6,7). The van der Waals surface area contributed by atoms with Crippen LogP contribution in [0, 0.1) is 12.7 Å². The quantitative estimate of drug-likeness (QED) is 0.171. The number of benzene rings is 3. The average Bonchev–Trinajstić information content (AvgIpc) is 3.30. The third-order valence-corrected chi connectivity index (χ3v) is 6.66. The number of hydrogen-bond acceptors (Lipinski definition) is 6. The molecule has 5 N–H and O–H groups in total. The minimum atomic E-state index is -5.08. The number of aryl methyl sites for hydroxylation is 3. The van der Waals surface area contributed by atoms with Crippen LogP contribution in [0.15, 0.2) is 66.7 Å². The molecule has 0 amide bonds. The molecule has 218 valence electrons. The minimum absolute atomic E-state index is 0.333. The number of pyridine rings is 1. The van der Waals surface area contributed by atoms with Crippen molar-refractivity contribution in [1.29, 1.82) is 0 Å². The summed E-state index contributed by atoms with van der Waals surface area (Å²) in [6.07, 6.45) is -4.31. The number of carboxylic acids is 1. The molecule has 3 aromatic carbocycles. The van der Waals surface area contributed by atoms with Gasteiger partial charge in [-0.15, -0.1) is 0 Å². The second kappa shape index (κ2) is 11.9. The molecule has 2 heterocycles. The second-order valence-electron chi connectivity index (χ2n) is 9.59. The molecule has 0 saturated heterocycles. The zero-order valence-electron chi connectivity index (χ0n) is 22.9. The summed E-state index contributed by atoms with van der Waals surface area (Å²) in [5.41, 5.74) is 17.1. The number of fused-ring (bicyclic) bond motifs is 1. The van der Waals surface area contributed by atoms with Crippen LogP contribution in [0.25, 0.3) is 22.2 Å². The SMILES string of the molecule is CCc1ccc(F)c(C(c2cc3cc(N)ccc3c(N)n2)c2nc(-c3ccccc3C)nn2C)c1.O=C(O)C(F)(F)F. The maximum Gasteiger partial charge on any atom is 0.490 e. The van der Waals surface area contributed by atoms with Gasteiger partial charge in [0.05, 0.1) is 11.6 Å². The van der Waals surface area contributed by atoms with Gasteiger partial charge in [-0.05, 0) is 60.2 Å². The summed E-state index contributed by atoms with van der Waals surface area (Å²) in [4.78, 5) is 18.5. The van der Waals surface area contributed by atoms with E-state index < -0.39 is 18.1 Å². The summed E-state index contributed by atoms with van der Waals surface area (Å²) in [6.45, 7) is 4.06. The van der Waals surface area contributed by atoms with E-state index in [0.717, 1.165) is 33.9 Å². The first-order chi connectivity index (χ1) is 19.8. The van der Waals surface area contributed by atoms with Crippen molar-refractivity contribution in [2.75, 3.05) is 11.5 Å². The number of aliphatic carboxylic acids is 1. The number of carboxylic acid groups (broad SMARTS) is 1. The highest BCUT2D eigenvalue weighted by Gasteiger charge is 2.38. The van der Waals surface area contributed by atoms with E-state index in [1.807, 2.05) is 69.4 Å². The lowest BCUT2D eigenvalue weighted by Gasteiger charge is -2.19. The number of nitrogens with two attached hydrogens (primary N) is 2. The van der Waals surface area contributed by atoms with E-state index in [2.05, 4.69) is 5.10 Å². The molecule has 0 bridgehead atoms. The van der Waals surface area contributed by atoms with Crippen molar-refractivity contribution in [2.45, 2.75) is 32.4 Å². The van der Waals surface area contributed by atoms with Crippen LogP contribution >= 0.6 is 0 Å². The van der Waals surface area contributed by atoms with Gasteiger partial charge in [0, 0.05) is 29.2 Å². The smallest absolute Gasteiger partial charge is 0.475 e. The van der Waals surface area contributed by atoms with E-state index in [0.29, 0.717) is 34.4 Å². The van der Waals surface area contributed by atoms with Crippen molar-refractivity contribution in [3.8, 4) is 11.4 Å². The number of rotatable bonds is 5. The van der Waals surface area contributed by atoms with Gasteiger partial charge in [-0.1, -0.05) is 43.3 Å². The van der Waals surface area contributed by atoms with Gasteiger partial charge in [0.2, 0.25) is 0 Å². The summed E-state index contributed by atoms with van der Waals surface area (Å²) in [6, 6.07) is 20.5. The molecule has 12 heteroatoms. The van der Waals surface area contributed by atoms with E-state index >= 15 is 4.39 Å². The van der Waals surface area contributed by atoms with E-state index in [1.165, 1.54) is 6.07 Å². The Balaban J connectivity index is 0.000000517. The summed E-state index contributed by atoms with van der Waals surface area (Å²) >= 11 is 0. The highest BCUT2D eigenvalue weighted by Crippen LogP contribution is 2.36. The summed E-state index contributed by atoms with van der Waals surface area (Å²) in [5, 5.41) is 13.4. The van der Waals surface area contributed by atoms with Crippen LogP contribution in [-0.2, 0) is 18.3 Å². The van der Waals surface area contributed by atoms with Gasteiger partial charge in [0.25, 0.3) is 0 Å². The highest BCUT2D eigenvalue weighted by atomic mass is 19.4. The molecule has 5 rings (SSSR count). The van der Waals surface area contributed by atoms with Gasteiger partial charge in [0.15, 0.2) is 5.82 Å². The molecule has 0 spiro atoms. The van der Waals surface area contributed by atoms with Crippen LogP contribution < -0.4 is 11.5 Å². The monoisotopic (exact) mass is 580 g/mol. The molecule has 0 aliphatic heterocycles. The molecule has 42 heavy (non-hydrogen) atoms. The maximum atomic E-state index is 15.4. The number of hydrogen-bond donors (Lipinski definition) is 3. The first-order valence-corrected chi connectivity index (χ1v) is 12.8. The molecule has 1 atom stereocenters. The number of alkyl halides is 3. The maximum absolute atomic E-state index is 15.4. The number of nitrogens with zero attached hydrogens (tertiary/aromatic N) is 4. The average molecular weight is 581 g/mol. The highest BCUT2D eigenvalue weighted by molar-refractivity contribution is 5.93. The number of halogens is 4. The van der Waals surface area contributed by atoms with Gasteiger partial charge in [-0.25, -0.2) is 19.2 Å². The zero-order chi connectivity index (χ0) is 30.8. The minimum Gasteiger partial charge on any atom is -0.475 e. The third-order valence-electron chi connectivity index (χ3n) is 6.66. The van der Waals surface area contributed by atoms with Crippen LogP contribution in [0.3, 0.4) is 0 Å². The Hall–Kier alpha value is -5.00. The molecular formula is C30H28F4N6O2. The lowest BCUT2D eigenvalue weighted by Crippen LogP contribution is -2.21. The fourth-order valence-corrected chi connectivity index (χ4v) is 4.52. The number of anilines is 2. The Bertz CT molecular complexity index is 1770. The Morgan fingerprint density at radius 1 is 1.02 bits per heavy atom. The second-order valence-corrected chi connectivity index (χ2v) is 9.59. The molecular weight excluding hydrogens is 552 g/mol. The Labute approximate surface area is 238 Å². The largest absolute Gasteiger partial charge is 0.490 e. The molecule has 0 aliphatic carbocycles. The molecule has 0 fully saturated rings. The van der Waals surface area contributed by atoms with Crippen LogP contribution in [0.5, 0.6) is 0 Å². The topological polar surface area (TPSA) is 133 Å². The van der Waals surface area contributed by atoms with E-state index in [-0.39, 0.29) is 5.82 Å². The fraction of sp³-hybridized carbons (Fsp3) is 0.200. The van der Waals surface area contributed by atoms with Gasteiger partial charge in [-0.2, -0.15) is 18.3 Å². The fourth-order valence-electron chi connectivity index (χ4n) is 4.52. The normalized spacial score (nSPS) is 12.1. The number of carbonyl (C=O) groups is 1. The summed E-state index contributed by atoms with van der Waals surface area (Å²) in [7, 11) is 1.82. The lowest BCUT2D eigenvalue weighted by atomic mass is 9.91. The molecule has 2 aromatic heterocycles. The van der Waals surface area contributed by atoms with Crippen LogP contribution in [0.4, 0.5) is 29.1 Å². The van der Waals surface area contributed by atoms with Gasteiger partial charge in [-0.3, -0.25) is 4.68 Å². The molecule has 0 saturated carbocycles. The van der Waals surface area contributed by atoms with E-state index in [4.69, 9.17) is 31.3 Å².